The summed E-state index contributed by atoms with van der Waals surface area (Å²) in [5.74, 6) is 0.311. The zero-order valence-electron chi connectivity index (χ0n) is 16.3. The molecule has 152 valence electrons. The molecule has 4 rings (SSSR count). The van der Waals surface area contributed by atoms with E-state index in [4.69, 9.17) is 9.84 Å². The first-order chi connectivity index (χ1) is 14.1. The molecule has 0 atom stereocenters. The van der Waals surface area contributed by atoms with Gasteiger partial charge in [-0.25, -0.2) is 13.1 Å². The molecule has 1 saturated carbocycles. The summed E-state index contributed by atoms with van der Waals surface area (Å²) in [5.41, 5.74) is 2.42. The predicted octanol–water partition coefficient (Wildman–Crippen LogP) is 3.55. The van der Waals surface area contributed by atoms with E-state index in [9.17, 15) is 8.42 Å². The van der Waals surface area contributed by atoms with Crippen molar-refractivity contribution >= 4 is 10.0 Å². The van der Waals surface area contributed by atoms with Crippen molar-refractivity contribution in [1.29, 1.82) is 0 Å². The number of nitrogens with zero attached hydrogens (tertiary/aromatic N) is 3. The second-order valence-corrected chi connectivity index (χ2v) is 8.83. The number of para-hydroxylation sites is 1. The van der Waals surface area contributed by atoms with Crippen LogP contribution in [0.4, 0.5) is 0 Å². The smallest absolute Gasteiger partial charge is 0.244 e. The van der Waals surface area contributed by atoms with Crippen LogP contribution in [0.2, 0.25) is 0 Å². The first-order valence-corrected chi connectivity index (χ1v) is 11.2. The molecule has 0 unspecified atom stereocenters. The maximum Gasteiger partial charge on any atom is 0.244 e. The first kappa shape index (κ1) is 19.6. The fourth-order valence-electron chi connectivity index (χ4n) is 3.75. The molecule has 1 N–H and O–H groups in total. The van der Waals surface area contributed by atoms with Gasteiger partial charge in [-0.05, 0) is 43.2 Å². The van der Waals surface area contributed by atoms with E-state index in [2.05, 4.69) is 9.71 Å². The van der Waals surface area contributed by atoms with Crippen molar-refractivity contribution in [2.75, 3.05) is 7.11 Å². The van der Waals surface area contributed by atoms with Crippen molar-refractivity contribution in [3.8, 4) is 17.1 Å². The number of methoxy groups -OCH3 is 1. The second-order valence-electron chi connectivity index (χ2n) is 7.09. The van der Waals surface area contributed by atoms with E-state index in [-0.39, 0.29) is 11.4 Å². The van der Waals surface area contributed by atoms with E-state index in [1.165, 1.54) is 26.0 Å². The molecular weight excluding hydrogens is 388 g/mol. The van der Waals surface area contributed by atoms with Crippen LogP contribution < -0.4 is 9.46 Å². The molecule has 2 heterocycles. The Bertz CT molecular complexity index is 1070. The standard InChI is InChI=1S/C21H24N4O3S/c1-28-20-11-4-5-12-21(20)29(26,27)23-15-16-14-19(18-10-6-7-13-22-18)25(24-16)17-8-2-3-9-17/h4-7,10-14,17,23H,2-3,8-9,15H2,1H3. The zero-order chi connectivity index (χ0) is 20.3. The van der Waals surface area contributed by atoms with Crippen LogP contribution in [0.5, 0.6) is 5.75 Å². The average molecular weight is 413 g/mol. The highest BCUT2D eigenvalue weighted by molar-refractivity contribution is 7.89. The van der Waals surface area contributed by atoms with Crippen molar-refractivity contribution in [1.82, 2.24) is 19.5 Å². The van der Waals surface area contributed by atoms with Crippen molar-refractivity contribution in [2.45, 2.75) is 43.2 Å². The molecule has 7 nitrogen and oxygen atoms in total. The fourth-order valence-corrected chi connectivity index (χ4v) is 4.92. The van der Waals surface area contributed by atoms with Crippen LogP contribution in [0, 0.1) is 0 Å². The SMILES string of the molecule is COc1ccccc1S(=O)(=O)NCc1cc(-c2ccccn2)n(C2CCCC2)n1. The lowest BCUT2D eigenvalue weighted by Crippen LogP contribution is -2.24. The van der Waals surface area contributed by atoms with Gasteiger partial charge in [-0.15, -0.1) is 0 Å². The lowest BCUT2D eigenvalue weighted by molar-refractivity contribution is 0.402. The number of rotatable bonds is 7. The zero-order valence-corrected chi connectivity index (χ0v) is 17.1. The van der Waals surface area contributed by atoms with Gasteiger partial charge in [0.25, 0.3) is 0 Å². The maximum atomic E-state index is 12.8. The van der Waals surface area contributed by atoms with Crippen molar-refractivity contribution < 1.29 is 13.2 Å². The lowest BCUT2D eigenvalue weighted by atomic mass is 10.2. The number of aromatic nitrogens is 3. The molecule has 0 spiro atoms. The van der Waals surface area contributed by atoms with E-state index >= 15 is 0 Å². The fraction of sp³-hybridized carbons (Fsp3) is 0.333. The largest absolute Gasteiger partial charge is 0.495 e. The van der Waals surface area contributed by atoms with E-state index in [1.807, 2.05) is 28.9 Å². The highest BCUT2D eigenvalue weighted by Crippen LogP contribution is 2.33. The summed E-state index contributed by atoms with van der Waals surface area (Å²) in [6.07, 6.45) is 6.27. The van der Waals surface area contributed by atoms with E-state index in [0.29, 0.717) is 17.5 Å². The predicted molar refractivity (Wildman–Crippen MR) is 110 cm³/mol. The third kappa shape index (κ3) is 4.18. The number of benzene rings is 1. The Morgan fingerprint density at radius 1 is 1.14 bits per heavy atom. The van der Waals surface area contributed by atoms with Gasteiger partial charge in [-0.3, -0.25) is 9.67 Å². The number of sulfonamides is 1. The Hall–Kier alpha value is -2.71. The van der Waals surface area contributed by atoms with Gasteiger partial charge in [0.15, 0.2) is 0 Å². The van der Waals surface area contributed by atoms with E-state index in [1.54, 1.807) is 24.4 Å². The van der Waals surface area contributed by atoms with Crippen LogP contribution in [0.3, 0.4) is 0 Å². The molecule has 0 aliphatic heterocycles. The second kappa shape index (κ2) is 8.34. The van der Waals surface area contributed by atoms with Gasteiger partial charge in [0.1, 0.15) is 10.6 Å². The molecule has 0 saturated heterocycles. The molecule has 1 aromatic carbocycles. The van der Waals surface area contributed by atoms with Gasteiger partial charge >= 0.3 is 0 Å². The molecule has 1 fully saturated rings. The summed E-state index contributed by atoms with van der Waals surface area (Å²) in [5, 5.41) is 4.73. The minimum Gasteiger partial charge on any atom is -0.495 e. The number of nitrogens with one attached hydrogen (secondary N) is 1. The summed E-state index contributed by atoms with van der Waals surface area (Å²) in [6, 6.07) is 14.6. The van der Waals surface area contributed by atoms with Crippen LogP contribution in [-0.2, 0) is 16.6 Å². The monoisotopic (exact) mass is 412 g/mol. The van der Waals surface area contributed by atoms with Gasteiger partial charge in [-0.2, -0.15) is 5.10 Å². The van der Waals surface area contributed by atoms with Crippen molar-refractivity contribution in [3.05, 3.63) is 60.4 Å². The van der Waals surface area contributed by atoms with Gasteiger partial charge < -0.3 is 4.74 Å². The minimum absolute atomic E-state index is 0.0972. The van der Waals surface area contributed by atoms with Gasteiger partial charge in [0.2, 0.25) is 10.0 Å². The first-order valence-electron chi connectivity index (χ1n) is 9.71. The normalized spacial score (nSPS) is 14.9. The maximum absolute atomic E-state index is 12.8. The highest BCUT2D eigenvalue weighted by atomic mass is 32.2. The molecule has 2 aromatic heterocycles. The topological polar surface area (TPSA) is 86.1 Å². The Morgan fingerprint density at radius 3 is 2.62 bits per heavy atom. The van der Waals surface area contributed by atoms with E-state index < -0.39 is 10.0 Å². The van der Waals surface area contributed by atoms with Crippen LogP contribution in [-0.4, -0.2) is 30.3 Å². The number of ether oxygens (including phenoxy) is 1. The molecule has 29 heavy (non-hydrogen) atoms. The van der Waals surface area contributed by atoms with E-state index in [0.717, 1.165) is 24.2 Å². The molecule has 0 bridgehead atoms. The number of hydrogen-bond acceptors (Lipinski definition) is 5. The molecule has 1 aliphatic carbocycles. The molecule has 0 radical (unpaired) electrons. The molecule has 8 heteroatoms. The third-order valence-corrected chi connectivity index (χ3v) is 6.63. The van der Waals surface area contributed by atoms with Crippen molar-refractivity contribution in [2.24, 2.45) is 0 Å². The summed E-state index contributed by atoms with van der Waals surface area (Å²) >= 11 is 0. The highest BCUT2D eigenvalue weighted by Gasteiger charge is 2.24. The Morgan fingerprint density at radius 2 is 1.90 bits per heavy atom. The summed E-state index contributed by atoms with van der Waals surface area (Å²) in [7, 11) is -2.27. The molecular formula is C21H24N4O3S. The molecule has 0 amide bonds. The average Bonchev–Trinajstić information content (AvgIpc) is 3.43. The van der Waals surface area contributed by atoms with Crippen molar-refractivity contribution in [3.63, 3.8) is 0 Å². The Balaban J connectivity index is 1.61. The molecule has 1 aliphatic rings. The summed E-state index contributed by atoms with van der Waals surface area (Å²) < 4.78 is 35.4. The van der Waals surface area contributed by atoms with Crippen LogP contribution in [0.25, 0.3) is 11.4 Å². The van der Waals surface area contributed by atoms with Crippen LogP contribution >= 0.6 is 0 Å². The van der Waals surface area contributed by atoms with Gasteiger partial charge in [0, 0.05) is 6.20 Å². The van der Waals surface area contributed by atoms with Gasteiger partial charge in [-0.1, -0.05) is 31.0 Å². The van der Waals surface area contributed by atoms with Crippen LogP contribution in [0.15, 0.2) is 59.6 Å². The molecule has 3 aromatic rings. The minimum atomic E-state index is -3.73. The number of pyridine rings is 1. The third-order valence-electron chi connectivity index (χ3n) is 5.19. The quantitative estimate of drug-likeness (QED) is 0.641. The Labute approximate surface area is 170 Å². The van der Waals surface area contributed by atoms with Crippen LogP contribution in [0.1, 0.15) is 37.4 Å². The number of hydrogen-bond donors (Lipinski definition) is 1. The lowest BCUT2D eigenvalue weighted by Gasteiger charge is -2.13. The summed E-state index contributed by atoms with van der Waals surface area (Å²) in [4.78, 5) is 4.57. The summed E-state index contributed by atoms with van der Waals surface area (Å²) in [6.45, 7) is 0.0972. The van der Waals surface area contributed by atoms with Gasteiger partial charge in [0.05, 0.1) is 36.8 Å². The Kier molecular flexibility index (Phi) is 5.64.